The van der Waals surface area contributed by atoms with Crippen LogP contribution in [0.15, 0.2) is 166 Å². The number of benzene rings is 7. The molecule has 0 radical (unpaired) electrons. The maximum atomic E-state index is 11.1. The van der Waals surface area contributed by atoms with Gasteiger partial charge < -0.3 is 93.3 Å². The first-order valence-electron chi connectivity index (χ1n) is 46.4. The van der Waals surface area contributed by atoms with Crippen molar-refractivity contribution in [3.05, 3.63) is 210 Å². The van der Waals surface area contributed by atoms with Gasteiger partial charge in [0.25, 0.3) is 12.2 Å². The number of likely N-dealkylation sites (tertiary alicyclic amines) is 3. The first kappa shape index (κ1) is 124. The zero-order valence-electron chi connectivity index (χ0n) is 82.2. The summed E-state index contributed by atoms with van der Waals surface area (Å²) in [4.78, 5) is 74.2. The molecule has 1 saturated carbocycles. The Hall–Kier alpha value is -6.41. The van der Waals surface area contributed by atoms with E-state index in [0.717, 1.165) is 166 Å². The molecule has 17 rings (SSSR count). The standard InChI is InChI=1S/C21H22N4.C15H21N3.C14H18BrN3.C11H20O2.C7H6BNO2.C6H5BrN2O2.C6H7BrN2.2C5H11N.C5H8O2.C4H8O.CH2O3.ClH.2K.H/c1-15-3-2-11-25(15)12-10-21-23-19-9-8-18(13-20(19)24-21)17-6-4-16(14-22)5-7-17;1-11-5-6-13-14(10-11)17-15(16-13)7-9-18-8-3-4-12(18)2;1-10-3-2-7-18(10)8-6-14-16-12-5-4-11(15)9-13(12)17-14;1-3-13-11(12)8-7-10-6-4-5-9(10)2;9-5-6-1-3-7(4-2-6)8(10)11;7-4-1-2-5(8)6(3-4)9(10)11;7-4-1-2-5(8)6(9)3-4;2*1-5-3-2-4-6-5;1-3-5(6)7-4-2;1-2-4-5-3-1;2-1-4-3;;;;/h4-9,13,15H,2-3,10-12H2,1H3,(H,23,24);5-6,10,12H,3-4,7-9H2,1-2H3,(H,16,17);4-5,9-10H,2-3,6-8H2,1H3,(H,16,17);9-10H,3-8H2,1-2H3;1-4,10-11H;1-3H,8H2;1-3H,8-9H2;2*5-6H,2-4H2,1H3;3H,1,4H2,2H3;1-4H2;1,3H;1H;;;/q;;;;;;;;;;;;;2*+1;-1/p-1/t15-;12-;10-;9-,10?;;;;2*5-;;;;;;;/m1111...11......./s1. The van der Waals surface area contributed by atoms with Gasteiger partial charge in [-0.1, -0.05) is 117 Å². The number of nitrogens with one attached hydrogen (secondary N) is 5. The molecule has 136 heavy (non-hydrogen) atoms. The van der Waals surface area contributed by atoms with Crippen LogP contribution in [0.5, 0.6) is 0 Å². The number of rotatable bonds is 19. The molecule has 1 unspecified atom stereocenters. The van der Waals surface area contributed by atoms with Gasteiger partial charge in [0.05, 0.1) is 85.9 Å². The number of nitrogens with two attached hydrogens (primary N) is 3. The number of nitrogen functional groups attached to an aromatic ring is 3. The molecule has 10 aromatic rings. The van der Waals surface area contributed by atoms with Crippen LogP contribution in [0.25, 0.3) is 44.2 Å². The SMILES string of the molecule is C1CCOC1.C=CC(=O)OCC.CCOC(=O)CCC1CCC[C@H]1C.C[C@@H]1CCCN1.C[C@@H]1CCCN1.C[C@@H]1CCCN1CCc1nc2ccc(-c3ccc(C#N)cc3)cc2[nH]1.C[C@@H]1CCCN1CCc1nc2ccc(Br)cc2[nH]1.Cc1ccc2nc(CCN3CCC[C@H]3C)[nH]c2c1.Cl.N#Cc1ccc(B(O)O)cc1.Nc1ccc(Br)cc1N.Nc1ccc(Br)cc1[N+](=O)[O-].O=CO[O-].[H-].[K+].[K+]. The molecule has 0 bridgehead atoms. The largest absolute Gasteiger partial charge is 1.00 e. The van der Waals surface area contributed by atoms with Gasteiger partial charge in [-0.15, -0.1) is 12.4 Å². The zero-order valence-corrected chi connectivity index (χ0v) is 93.0. The van der Waals surface area contributed by atoms with Crippen LogP contribution in [0.3, 0.4) is 0 Å². The van der Waals surface area contributed by atoms with E-state index in [4.69, 9.17) is 62.3 Å². The van der Waals surface area contributed by atoms with E-state index in [0.29, 0.717) is 58.1 Å². The number of anilines is 3. The van der Waals surface area contributed by atoms with E-state index < -0.39 is 12.0 Å². The summed E-state index contributed by atoms with van der Waals surface area (Å²) in [7, 11) is -1.46. The molecule has 0 amide bonds. The van der Waals surface area contributed by atoms with Crippen molar-refractivity contribution >= 4 is 147 Å². The van der Waals surface area contributed by atoms with E-state index in [2.05, 4.69) is 217 Å². The summed E-state index contributed by atoms with van der Waals surface area (Å²) < 4.78 is 17.0. The number of esters is 2. The Labute approximate surface area is 922 Å². The number of nitriles is 2. The number of H-pyrrole nitrogens is 3. The smallest absolute Gasteiger partial charge is 1.00 e. The minimum atomic E-state index is -1.46. The van der Waals surface area contributed by atoms with Gasteiger partial charge in [-0.2, -0.15) is 10.5 Å². The van der Waals surface area contributed by atoms with Gasteiger partial charge in [-0.05, 0) is 303 Å². The fraction of sp³-hybridized carbons (Fsp3) is 0.480. The normalized spacial score (nSPS) is 18.0. The minimum Gasteiger partial charge on any atom is -1.00 e. The predicted octanol–water partition coefficient (Wildman–Crippen LogP) is 12.0. The maximum absolute atomic E-state index is 11.1. The third kappa shape index (κ3) is 47.9. The monoisotopic (exact) mass is 2130 g/mol. The molecule has 13 N–H and O–H groups in total. The molecule has 7 fully saturated rings. The fourth-order valence-corrected chi connectivity index (χ4v) is 16.9. The topological polar surface area (TPSA) is 440 Å². The molecule has 3 aromatic heterocycles. The Balaban J connectivity index is 0.000000522. The first-order valence-corrected chi connectivity index (χ1v) is 48.7. The number of nitro benzene ring substituents is 1. The molecule has 6 aliphatic heterocycles. The van der Waals surface area contributed by atoms with E-state index in [1.165, 1.54) is 177 Å². The summed E-state index contributed by atoms with van der Waals surface area (Å²) in [5.74, 6) is 4.48. The van der Waals surface area contributed by atoms with E-state index in [9.17, 15) is 19.7 Å². The number of hydrogen-bond donors (Lipinski definition) is 10. The van der Waals surface area contributed by atoms with Crippen molar-refractivity contribution in [2.75, 3.05) is 96.0 Å². The van der Waals surface area contributed by atoms with Crippen molar-refractivity contribution in [3.8, 4) is 23.3 Å². The number of nitrogens with zero attached hydrogens (tertiary/aromatic N) is 9. The number of carbonyl (C=O) groups excluding carboxylic acids is 3. The summed E-state index contributed by atoms with van der Waals surface area (Å²) in [5.41, 5.74) is 29.2. The van der Waals surface area contributed by atoms with Crippen LogP contribution in [0.2, 0.25) is 0 Å². The van der Waals surface area contributed by atoms with Crippen LogP contribution in [0.4, 0.5) is 22.7 Å². The van der Waals surface area contributed by atoms with E-state index in [-0.39, 0.29) is 146 Å². The summed E-state index contributed by atoms with van der Waals surface area (Å²) in [6, 6.07) is 50.4. The molecular formula is C100H140BBr3ClK2N17O12. The molecule has 1 aliphatic carbocycles. The number of halogens is 4. The van der Waals surface area contributed by atoms with Crippen LogP contribution in [0.1, 0.15) is 200 Å². The molecule has 7 aliphatic rings. The third-order valence-electron chi connectivity index (χ3n) is 23.6. The van der Waals surface area contributed by atoms with Crippen LogP contribution < -0.4 is 141 Å². The number of aromatic amines is 3. The van der Waals surface area contributed by atoms with E-state index >= 15 is 0 Å². The Kier molecular flexibility index (Phi) is 63.9. The van der Waals surface area contributed by atoms with Gasteiger partial charge in [0.2, 0.25) is 0 Å². The third-order valence-corrected chi connectivity index (χ3v) is 25.1. The van der Waals surface area contributed by atoms with Crippen molar-refractivity contribution in [2.24, 2.45) is 11.8 Å². The number of aryl methyl sites for hydroxylation is 1. The van der Waals surface area contributed by atoms with Gasteiger partial charge in [0, 0.05) is 114 Å². The molecule has 29 nitrogen and oxygen atoms in total. The number of carbonyl (C=O) groups is 3. The van der Waals surface area contributed by atoms with Crippen molar-refractivity contribution in [1.82, 2.24) is 55.2 Å². The molecule has 7 atom stereocenters. The number of aromatic nitrogens is 6. The quantitative estimate of drug-likeness (QED) is 0.00525. The molecular weight excluding hydrogens is 2000 g/mol. The van der Waals surface area contributed by atoms with E-state index in [1.807, 2.05) is 49.4 Å². The zero-order chi connectivity index (χ0) is 97.0. The maximum Gasteiger partial charge on any atom is 1.00 e. The van der Waals surface area contributed by atoms with Gasteiger partial charge in [-0.3, -0.25) is 19.7 Å². The number of hydrogen-bond acceptors (Lipinski definition) is 25. The summed E-state index contributed by atoms with van der Waals surface area (Å²) in [6.07, 6.45) is 25.8. The van der Waals surface area contributed by atoms with Crippen molar-refractivity contribution < 1.29 is 158 Å². The molecule has 0 spiro atoms. The minimum absolute atomic E-state index is 0. The molecule has 730 valence electrons. The van der Waals surface area contributed by atoms with Crippen molar-refractivity contribution in [3.63, 3.8) is 0 Å². The van der Waals surface area contributed by atoms with E-state index in [1.54, 1.807) is 25.1 Å². The average molecular weight is 2140 g/mol. The molecule has 6 saturated heterocycles. The summed E-state index contributed by atoms with van der Waals surface area (Å²) in [6.45, 7) is 34.9. The van der Waals surface area contributed by atoms with Crippen molar-refractivity contribution in [2.45, 2.75) is 221 Å². The Morgan fingerprint density at radius 3 is 1.38 bits per heavy atom. The predicted molar refractivity (Wildman–Crippen MR) is 550 cm³/mol. The Morgan fingerprint density at radius 1 is 0.581 bits per heavy atom. The number of fused-ring (bicyclic) bond motifs is 3. The number of ether oxygens (including phenoxy) is 3. The van der Waals surface area contributed by atoms with Gasteiger partial charge >= 0.3 is 122 Å². The number of imidazole rings is 3. The van der Waals surface area contributed by atoms with Gasteiger partial charge in [0.15, 0.2) is 0 Å². The van der Waals surface area contributed by atoms with Gasteiger partial charge in [0.1, 0.15) is 23.2 Å². The summed E-state index contributed by atoms with van der Waals surface area (Å²) in [5, 5.41) is 60.0. The van der Waals surface area contributed by atoms with Crippen LogP contribution >= 0.6 is 60.2 Å². The second-order valence-electron chi connectivity index (χ2n) is 33.8. The summed E-state index contributed by atoms with van der Waals surface area (Å²) >= 11 is 9.85. The Bertz CT molecular complexity index is 5080. The molecule has 36 heteroatoms. The van der Waals surface area contributed by atoms with Crippen molar-refractivity contribution in [1.29, 1.82) is 10.5 Å². The molecule has 7 aromatic carbocycles. The molecule has 9 heterocycles. The van der Waals surface area contributed by atoms with Crippen LogP contribution in [-0.2, 0) is 52.7 Å². The van der Waals surface area contributed by atoms with Crippen LogP contribution in [0, 0.1) is 51.5 Å². The number of nitro groups is 1. The van der Waals surface area contributed by atoms with Crippen LogP contribution in [-0.4, -0.2) is 194 Å². The fourth-order valence-electron chi connectivity index (χ4n) is 15.8. The Morgan fingerprint density at radius 2 is 1.01 bits per heavy atom. The average Bonchev–Trinajstić information content (AvgIpc) is 1.68. The second-order valence-corrected chi connectivity index (χ2v) is 36.5. The van der Waals surface area contributed by atoms with Gasteiger partial charge in [-0.25, -0.2) is 19.7 Å². The second kappa shape index (κ2) is 70.3. The first-order chi connectivity index (χ1) is 64.0.